The van der Waals surface area contributed by atoms with Crippen LogP contribution in [0.2, 0.25) is 0 Å². The van der Waals surface area contributed by atoms with E-state index in [1.807, 2.05) is 19.1 Å². The smallest absolute Gasteiger partial charge is 0.341 e. The average Bonchev–Trinajstić information content (AvgIpc) is 2.75. The third kappa shape index (κ3) is 2.46. The lowest BCUT2D eigenvalue weighted by atomic mass is 10.1. The summed E-state index contributed by atoms with van der Waals surface area (Å²) in [5, 5.41) is 9.12. The Balaban J connectivity index is 2.31. The number of aromatic nitrogens is 1. The van der Waals surface area contributed by atoms with Gasteiger partial charge in [0.05, 0.1) is 0 Å². The molecule has 4 heteroatoms. The Kier molecular flexibility index (Phi) is 3.42. The van der Waals surface area contributed by atoms with Crippen molar-refractivity contribution in [1.29, 1.82) is 0 Å². The zero-order chi connectivity index (χ0) is 12.3. The number of nitrogens with zero attached hydrogens (tertiary/aromatic N) is 1. The van der Waals surface area contributed by atoms with Crippen molar-refractivity contribution in [1.82, 2.24) is 4.98 Å². The van der Waals surface area contributed by atoms with Crippen LogP contribution in [0, 0.1) is 0 Å². The fraction of sp³-hybridized carbons (Fsp3) is 0.385. The summed E-state index contributed by atoms with van der Waals surface area (Å²) in [6, 6.07) is 1.70. The van der Waals surface area contributed by atoms with Gasteiger partial charge in [0, 0.05) is 5.69 Å². The molecule has 17 heavy (non-hydrogen) atoms. The minimum Gasteiger partial charge on any atom is -0.477 e. The summed E-state index contributed by atoms with van der Waals surface area (Å²) in [5.74, 6) is -0.751. The Hall–Kier alpha value is -1.84. The second-order valence-corrected chi connectivity index (χ2v) is 3.99. The zero-order valence-electron chi connectivity index (χ0n) is 9.77. The minimum absolute atomic E-state index is 0.162. The number of aryl methyl sites for hydroxylation is 2. The molecule has 4 nitrogen and oxygen atoms in total. The van der Waals surface area contributed by atoms with Crippen LogP contribution in [0.5, 0.6) is 5.88 Å². The largest absolute Gasteiger partial charge is 0.477 e. The monoisotopic (exact) mass is 233 g/mol. The normalized spacial score (nSPS) is 13.9. The third-order valence-corrected chi connectivity index (χ3v) is 2.80. The van der Waals surface area contributed by atoms with Gasteiger partial charge in [0.2, 0.25) is 5.88 Å². The molecule has 0 fully saturated rings. The molecule has 0 atom stereocenters. The number of aromatic carboxylic acids is 1. The van der Waals surface area contributed by atoms with E-state index in [0.29, 0.717) is 6.61 Å². The number of pyridine rings is 1. The van der Waals surface area contributed by atoms with Gasteiger partial charge >= 0.3 is 5.97 Å². The molecule has 1 N–H and O–H groups in total. The molecule has 1 aromatic rings. The van der Waals surface area contributed by atoms with E-state index in [1.54, 1.807) is 6.07 Å². The molecule has 2 rings (SSSR count). The first kappa shape index (κ1) is 11.6. The SMILES string of the molecule is C/C=C/COc1nc2c(cc1C(=O)O)CCC2. The van der Waals surface area contributed by atoms with Crippen molar-refractivity contribution < 1.29 is 14.6 Å². The Bertz CT molecular complexity index is 466. The van der Waals surface area contributed by atoms with E-state index >= 15 is 0 Å². The van der Waals surface area contributed by atoms with Gasteiger partial charge in [0.25, 0.3) is 0 Å². The molecular formula is C13H15NO3. The van der Waals surface area contributed by atoms with E-state index in [1.165, 1.54) is 0 Å². The van der Waals surface area contributed by atoms with Crippen molar-refractivity contribution in [2.45, 2.75) is 26.2 Å². The molecule has 1 aliphatic rings. The summed E-state index contributed by atoms with van der Waals surface area (Å²) in [6.07, 6.45) is 6.54. The van der Waals surface area contributed by atoms with E-state index < -0.39 is 5.97 Å². The number of rotatable bonds is 4. The number of fused-ring (bicyclic) bond motifs is 1. The highest BCUT2D eigenvalue weighted by atomic mass is 16.5. The number of ether oxygens (including phenoxy) is 1. The molecule has 0 radical (unpaired) electrons. The maximum atomic E-state index is 11.1. The summed E-state index contributed by atoms with van der Waals surface area (Å²) < 4.78 is 5.39. The highest BCUT2D eigenvalue weighted by molar-refractivity contribution is 5.90. The Labute approximate surface area is 99.9 Å². The fourth-order valence-electron chi connectivity index (χ4n) is 1.94. The number of carboxylic acid groups (broad SMARTS) is 1. The lowest BCUT2D eigenvalue weighted by molar-refractivity contribution is 0.0691. The van der Waals surface area contributed by atoms with Crippen LogP contribution in [-0.2, 0) is 12.8 Å². The van der Waals surface area contributed by atoms with Crippen LogP contribution in [0.3, 0.4) is 0 Å². The van der Waals surface area contributed by atoms with Crippen LogP contribution in [0.1, 0.15) is 35.0 Å². The lowest BCUT2D eigenvalue weighted by Crippen LogP contribution is -2.07. The van der Waals surface area contributed by atoms with Crippen molar-refractivity contribution in [3.8, 4) is 5.88 Å². The van der Waals surface area contributed by atoms with Crippen molar-refractivity contribution in [3.05, 3.63) is 35.0 Å². The molecule has 0 amide bonds. The molecular weight excluding hydrogens is 218 g/mol. The van der Waals surface area contributed by atoms with E-state index in [9.17, 15) is 4.79 Å². The van der Waals surface area contributed by atoms with Gasteiger partial charge in [-0.05, 0) is 37.8 Å². The summed E-state index contributed by atoms with van der Waals surface area (Å²) >= 11 is 0. The second kappa shape index (κ2) is 4.99. The van der Waals surface area contributed by atoms with Gasteiger partial charge in [-0.2, -0.15) is 0 Å². The van der Waals surface area contributed by atoms with Crippen LogP contribution in [0.4, 0.5) is 0 Å². The first-order chi connectivity index (χ1) is 8.22. The van der Waals surface area contributed by atoms with Crippen molar-refractivity contribution in [2.24, 2.45) is 0 Å². The maximum Gasteiger partial charge on any atom is 0.341 e. The molecule has 0 aromatic carbocycles. The standard InChI is InChI=1S/C13H15NO3/c1-2-3-7-17-12-10(13(15)16)8-9-5-4-6-11(9)14-12/h2-3,8H,4-7H2,1H3,(H,15,16)/b3-2+. The molecule has 0 bridgehead atoms. The summed E-state index contributed by atoms with van der Waals surface area (Å²) in [6.45, 7) is 2.24. The summed E-state index contributed by atoms with van der Waals surface area (Å²) in [4.78, 5) is 15.4. The summed E-state index contributed by atoms with van der Waals surface area (Å²) in [7, 11) is 0. The number of hydrogen-bond acceptors (Lipinski definition) is 3. The maximum absolute atomic E-state index is 11.1. The van der Waals surface area contributed by atoms with Gasteiger partial charge in [-0.25, -0.2) is 9.78 Å². The van der Waals surface area contributed by atoms with E-state index in [-0.39, 0.29) is 11.4 Å². The molecule has 1 heterocycles. The molecule has 90 valence electrons. The molecule has 0 spiro atoms. The van der Waals surface area contributed by atoms with Crippen LogP contribution >= 0.6 is 0 Å². The van der Waals surface area contributed by atoms with Crippen LogP contribution in [-0.4, -0.2) is 22.7 Å². The van der Waals surface area contributed by atoms with Crippen LogP contribution in [0.15, 0.2) is 18.2 Å². The van der Waals surface area contributed by atoms with Gasteiger partial charge in [-0.1, -0.05) is 12.2 Å². The van der Waals surface area contributed by atoms with Gasteiger partial charge in [-0.15, -0.1) is 0 Å². The highest BCUT2D eigenvalue weighted by Gasteiger charge is 2.20. The number of carbonyl (C=O) groups is 1. The van der Waals surface area contributed by atoms with Crippen molar-refractivity contribution in [3.63, 3.8) is 0 Å². The average molecular weight is 233 g/mol. The molecule has 1 aromatic heterocycles. The summed E-state index contributed by atoms with van der Waals surface area (Å²) in [5.41, 5.74) is 2.18. The Morgan fingerprint density at radius 1 is 1.59 bits per heavy atom. The predicted molar refractivity (Wildman–Crippen MR) is 63.5 cm³/mol. The van der Waals surface area contributed by atoms with Gasteiger partial charge in [-0.3, -0.25) is 0 Å². The number of allylic oxidation sites excluding steroid dienone is 1. The molecule has 0 saturated carbocycles. The highest BCUT2D eigenvalue weighted by Crippen LogP contribution is 2.26. The first-order valence-electron chi connectivity index (χ1n) is 5.72. The van der Waals surface area contributed by atoms with Gasteiger partial charge in [0.1, 0.15) is 12.2 Å². The van der Waals surface area contributed by atoms with Crippen LogP contribution < -0.4 is 4.74 Å². The van der Waals surface area contributed by atoms with E-state index in [0.717, 1.165) is 30.5 Å². The van der Waals surface area contributed by atoms with Crippen LogP contribution in [0.25, 0.3) is 0 Å². The Morgan fingerprint density at radius 2 is 2.41 bits per heavy atom. The second-order valence-electron chi connectivity index (χ2n) is 3.99. The molecule has 0 aliphatic heterocycles. The predicted octanol–water partition coefficient (Wildman–Crippen LogP) is 2.22. The van der Waals surface area contributed by atoms with E-state index in [4.69, 9.17) is 9.84 Å². The molecule has 0 saturated heterocycles. The topological polar surface area (TPSA) is 59.4 Å². The lowest BCUT2D eigenvalue weighted by Gasteiger charge is -2.08. The molecule has 0 unspecified atom stereocenters. The first-order valence-corrected chi connectivity index (χ1v) is 5.72. The third-order valence-electron chi connectivity index (χ3n) is 2.80. The van der Waals surface area contributed by atoms with Crippen molar-refractivity contribution >= 4 is 5.97 Å². The van der Waals surface area contributed by atoms with Gasteiger partial charge in [0.15, 0.2) is 0 Å². The Morgan fingerprint density at radius 3 is 3.12 bits per heavy atom. The quantitative estimate of drug-likeness (QED) is 0.810. The van der Waals surface area contributed by atoms with Crippen molar-refractivity contribution in [2.75, 3.05) is 6.61 Å². The number of hydrogen-bond donors (Lipinski definition) is 1. The fourth-order valence-corrected chi connectivity index (χ4v) is 1.94. The number of carboxylic acids is 1. The molecule has 1 aliphatic carbocycles. The van der Waals surface area contributed by atoms with Gasteiger partial charge < -0.3 is 9.84 Å². The minimum atomic E-state index is -0.984. The zero-order valence-corrected chi connectivity index (χ0v) is 9.77. The van der Waals surface area contributed by atoms with E-state index in [2.05, 4.69) is 4.98 Å².